The predicted octanol–water partition coefficient (Wildman–Crippen LogP) is 13.8. The van der Waals surface area contributed by atoms with Crippen molar-refractivity contribution in [1.29, 1.82) is 0 Å². The molecule has 0 atom stereocenters. The lowest BCUT2D eigenvalue weighted by molar-refractivity contribution is 0.631. The number of para-hydroxylation sites is 1. The molecule has 2 nitrogen and oxygen atoms in total. The summed E-state index contributed by atoms with van der Waals surface area (Å²) in [5.74, 6) is 0.859. The lowest BCUT2D eigenvalue weighted by Crippen LogP contribution is -2.10. The van der Waals surface area contributed by atoms with Crippen molar-refractivity contribution in [3.8, 4) is 22.5 Å². The highest BCUT2D eigenvalue weighted by molar-refractivity contribution is 6.09. The second-order valence-corrected chi connectivity index (χ2v) is 13.0. The highest BCUT2D eigenvalue weighted by Gasteiger charge is 2.16. The van der Waals surface area contributed by atoms with E-state index in [1.807, 2.05) is 18.2 Å². The van der Waals surface area contributed by atoms with E-state index in [0.717, 1.165) is 39.4 Å². The van der Waals surface area contributed by atoms with Gasteiger partial charge in [-0.1, -0.05) is 133 Å². The Balaban J connectivity index is 1.09. The molecule has 0 saturated carbocycles. The van der Waals surface area contributed by atoms with Crippen LogP contribution in [0.1, 0.15) is 0 Å². The fourth-order valence-electron chi connectivity index (χ4n) is 7.50. The van der Waals surface area contributed by atoms with E-state index in [2.05, 4.69) is 175 Å². The summed E-state index contributed by atoms with van der Waals surface area (Å²) in [6, 6.07) is 67.6. The van der Waals surface area contributed by atoms with Crippen molar-refractivity contribution in [2.45, 2.75) is 0 Å². The van der Waals surface area contributed by atoms with Gasteiger partial charge < -0.3 is 9.32 Å². The van der Waals surface area contributed by atoms with Gasteiger partial charge in [0.15, 0.2) is 0 Å². The lowest BCUT2D eigenvalue weighted by Gasteiger charge is -2.26. The smallest absolute Gasteiger partial charge is 0.135 e. The Morgan fingerprint density at radius 3 is 1.60 bits per heavy atom. The summed E-state index contributed by atoms with van der Waals surface area (Å²) in [7, 11) is 0. The SMILES string of the molecule is c1cc(-c2cc3ccccc3o2)cc(N(c2ccc(-c3ccc4c(ccc5ccccc54)c3)cc2)c2ccc3c(ccc4ccccc43)c2)c1. The molecule has 0 saturated heterocycles. The Hall–Kier alpha value is -6.64. The average Bonchev–Trinajstić information content (AvgIpc) is 3.63. The first-order valence-corrected chi connectivity index (χ1v) is 17.1. The molecule has 0 fully saturated rings. The molecule has 0 unspecified atom stereocenters. The van der Waals surface area contributed by atoms with Crippen LogP contribution >= 0.6 is 0 Å². The monoisotopic (exact) mass is 637 g/mol. The van der Waals surface area contributed by atoms with Crippen molar-refractivity contribution in [3.63, 3.8) is 0 Å². The second kappa shape index (κ2) is 11.5. The first-order valence-electron chi connectivity index (χ1n) is 17.1. The van der Waals surface area contributed by atoms with E-state index in [1.54, 1.807) is 0 Å². The van der Waals surface area contributed by atoms with E-state index < -0.39 is 0 Å². The average molecular weight is 638 g/mol. The zero-order chi connectivity index (χ0) is 33.0. The van der Waals surface area contributed by atoms with Gasteiger partial charge in [-0.3, -0.25) is 0 Å². The summed E-state index contributed by atoms with van der Waals surface area (Å²) in [6.45, 7) is 0. The maximum absolute atomic E-state index is 6.30. The third-order valence-electron chi connectivity index (χ3n) is 10.0. The van der Waals surface area contributed by atoms with Crippen LogP contribution < -0.4 is 4.90 Å². The molecular formula is C48H31NO. The second-order valence-electron chi connectivity index (χ2n) is 13.0. The molecular weight excluding hydrogens is 607 g/mol. The van der Waals surface area contributed by atoms with Gasteiger partial charge in [-0.05, 0) is 109 Å². The Morgan fingerprint density at radius 2 is 0.860 bits per heavy atom. The Morgan fingerprint density at radius 1 is 0.300 bits per heavy atom. The molecule has 0 radical (unpaired) electrons. The molecule has 1 aromatic heterocycles. The standard InChI is InChI=1S/C48H31NO/c1-4-13-43-33(8-1)16-18-36-28-35(22-26-45(36)43)32-20-23-40(24-21-32)49(42-25-27-46-37(29-42)19-17-34-9-2-5-14-44(34)46)41-12-7-11-38(30-41)48-31-39-10-3-6-15-47(39)50-48/h1-31H. The van der Waals surface area contributed by atoms with Crippen molar-refractivity contribution in [2.24, 2.45) is 0 Å². The molecule has 10 rings (SSSR count). The molecule has 0 N–H and O–H groups in total. The number of nitrogens with zero attached hydrogens (tertiary/aromatic N) is 1. The zero-order valence-corrected chi connectivity index (χ0v) is 27.3. The fraction of sp³-hybridized carbons (Fsp3) is 0. The highest BCUT2D eigenvalue weighted by atomic mass is 16.3. The van der Waals surface area contributed by atoms with E-state index in [0.29, 0.717) is 0 Å². The molecule has 0 aliphatic carbocycles. The number of hydrogen-bond donors (Lipinski definition) is 0. The molecule has 0 bridgehead atoms. The summed E-state index contributed by atoms with van der Waals surface area (Å²) in [5, 5.41) is 11.2. The maximum atomic E-state index is 6.30. The van der Waals surface area contributed by atoms with Gasteiger partial charge in [0.05, 0.1) is 0 Å². The van der Waals surface area contributed by atoms with Crippen LogP contribution in [0.5, 0.6) is 0 Å². The van der Waals surface area contributed by atoms with Crippen molar-refractivity contribution in [1.82, 2.24) is 0 Å². The summed E-state index contributed by atoms with van der Waals surface area (Å²) in [5.41, 5.74) is 7.57. The summed E-state index contributed by atoms with van der Waals surface area (Å²) in [4.78, 5) is 2.34. The minimum Gasteiger partial charge on any atom is -0.456 e. The van der Waals surface area contributed by atoms with Crippen molar-refractivity contribution in [3.05, 3.63) is 188 Å². The number of furan rings is 1. The molecule has 234 valence electrons. The maximum Gasteiger partial charge on any atom is 0.135 e. The normalized spacial score (nSPS) is 11.6. The van der Waals surface area contributed by atoms with Crippen LogP contribution in [-0.4, -0.2) is 0 Å². The molecule has 0 aliphatic heterocycles. The summed E-state index contributed by atoms with van der Waals surface area (Å²) >= 11 is 0. The Labute approximate surface area is 290 Å². The highest BCUT2D eigenvalue weighted by Crippen LogP contribution is 2.40. The van der Waals surface area contributed by atoms with Crippen LogP contribution in [0.15, 0.2) is 192 Å². The Kier molecular flexibility index (Phi) is 6.53. The molecule has 0 aliphatic rings. The van der Waals surface area contributed by atoms with Gasteiger partial charge in [-0.15, -0.1) is 0 Å². The quantitative estimate of drug-likeness (QED) is 0.175. The number of rotatable bonds is 5. The lowest BCUT2D eigenvalue weighted by atomic mass is 9.97. The van der Waals surface area contributed by atoms with Crippen molar-refractivity contribution >= 4 is 71.1 Å². The van der Waals surface area contributed by atoms with Gasteiger partial charge in [-0.25, -0.2) is 0 Å². The largest absolute Gasteiger partial charge is 0.456 e. The minimum atomic E-state index is 0.859. The third-order valence-corrected chi connectivity index (χ3v) is 10.0. The molecule has 1 heterocycles. The Bertz CT molecular complexity index is 2850. The topological polar surface area (TPSA) is 16.4 Å². The number of anilines is 3. The van der Waals surface area contributed by atoms with Crippen molar-refractivity contribution < 1.29 is 4.42 Å². The van der Waals surface area contributed by atoms with Gasteiger partial charge >= 0.3 is 0 Å². The number of benzene rings is 9. The van der Waals surface area contributed by atoms with Gasteiger partial charge in [0.2, 0.25) is 0 Å². The molecule has 2 heteroatoms. The van der Waals surface area contributed by atoms with Gasteiger partial charge in [0, 0.05) is 28.0 Å². The van der Waals surface area contributed by atoms with Crippen LogP contribution in [0.4, 0.5) is 17.1 Å². The van der Waals surface area contributed by atoms with E-state index >= 15 is 0 Å². The summed E-state index contributed by atoms with van der Waals surface area (Å²) < 4.78 is 6.30. The number of hydrogen-bond acceptors (Lipinski definition) is 2. The van der Waals surface area contributed by atoms with Crippen LogP contribution in [0.3, 0.4) is 0 Å². The third kappa shape index (κ3) is 4.81. The molecule has 0 amide bonds. The fourth-order valence-corrected chi connectivity index (χ4v) is 7.50. The molecule has 50 heavy (non-hydrogen) atoms. The minimum absolute atomic E-state index is 0.859. The van der Waals surface area contributed by atoms with E-state index in [4.69, 9.17) is 4.42 Å². The van der Waals surface area contributed by atoms with E-state index in [1.165, 1.54) is 54.2 Å². The van der Waals surface area contributed by atoms with Crippen LogP contribution in [-0.2, 0) is 0 Å². The molecule has 0 spiro atoms. The predicted molar refractivity (Wildman–Crippen MR) is 212 cm³/mol. The van der Waals surface area contributed by atoms with Crippen LogP contribution in [0, 0.1) is 0 Å². The van der Waals surface area contributed by atoms with Gasteiger partial charge in [-0.2, -0.15) is 0 Å². The first-order chi connectivity index (χ1) is 24.7. The van der Waals surface area contributed by atoms with Gasteiger partial charge in [0.1, 0.15) is 11.3 Å². The first kappa shape index (κ1) is 28.4. The van der Waals surface area contributed by atoms with Crippen LogP contribution in [0.2, 0.25) is 0 Å². The van der Waals surface area contributed by atoms with E-state index in [-0.39, 0.29) is 0 Å². The molecule has 10 aromatic rings. The summed E-state index contributed by atoms with van der Waals surface area (Å²) in [6.07, 6.45) is 0. The number of fused-ring (bicyclic) bond motifs is 7. The van der Waals surface area contributed by atoms with Crippen LogP contribution in [0.25, 0.3) is 76.5 Å². The molecule has 9 aromatic carbocycles. The van der Waals surface area contributed by atoms with Crippen molar-refractivity contribution in [2.75, 3.05) is 4.90 Å². The van der Waals surface area contributed by atoms with Gasteiger partial charge in [0.25, 0.3) is 0 Å². The zero-order valence-electron chi connectivity index (χ0n) is 27.3. The van der Waals surface area contributed by atoms with E-state index in [9.17, 15) is 0 Å².